The average Bonchev–Trinajstić information content (AvgIpc) is 3.33. The lowest BCUT2D eigenvalue weighted by Gasteiger charge is -2.40. The van der Waals surface area contributed by atoms with E-state index in [4.69, 9.17) is 9.47 Å². The Morgan fingerprint density at radius 3 is 1.30 bits per heavy atom. The van der Waals surface area contributed by atoms with E-state index in [1.54, 1.807) is 0 Å². The monoisotopic (exact) mass is 948 g/mol. The summed E-state index contributed by atoms with van der Waals surface area (Å²) in [5, 5.41) is 54.7. The maximum absolute atomic E-state index is 13.1. The number of aliphatic hydroxyl groups is 5. The van der Waals surface area contributed by atoms with Crippen LogP contribution in [0.4, 0.5) is 0 Å². The minimum Gasteiger partial charge on any atom is -0.394 e. The molecule has 1 rings (SSSR count). The summed E-state index contributed by atoms with van der Waals surface area (Å²) in [4.78, 5) is 13.1. The molecule has 1 aliphatic heterocycles. The van der Waals surface area contributed by atoms with E-state index < -0.39 is 49.5 Å². The molecule has 0 bridgehead atoms. The summed E-state index contributed by atoms with van der Waals surface area (Å²) in [6.45, 7) is 3.84. The van der Waals surface area contributed by atoms with Crippen molar-refractivity contribution < 1.29 is 39.8 Å². The van der Waals surface area contributed by atoms with E-state index in [9.17, 15) is 30.3 Å². The molecule has 9 heteroatoms. The number of unbranched alkanes of at least 4 members (excludes halogenated alkanes) is 33. The SMILES string of the molecule is CCCCCCC/C=C\C/C=C\C/C=C\CCCCCCCCC(=O)NC(COC1OC(CO)C(O)C(O)C1O)C(O)CCCCCCCCCCCCCCCCCCCCCCCCC. The zero-order valence-corrected chi connectivity index (χ0v) is 43.7. The number of aliphatic hydroxyl groups excluding tert-OH is 5. The molecule has 0 aromatic rings. The number of carbonyl (C=O) groups excluding carboxylic acids is 1. The van der Waals surface area contributed by atoms with E-state index >= 15 is 0 Å². The Hall–Kier alpha value is -1.59. The molecule has 1 fully saturated rings. The van der Waals surface area contributed by atoms with Crippen molar-refractivity contribution in [2.45, 2.75) is 314 Å². The van der Waals surface area contributed by atoms with Crippen molar-refractivity contribution in [3.8, 4) is 0 Å². The number of nitrogens with one attached hydrogen (secondary N) is 1. The largest absolute Gasteiger partial charge is 0.394 e. The van der Waals surface area contributed by atoms with Crippen molar-refractivity contribution >= 4 is 5.91 Å². The fraction of sp³-hybridized carbons (Fsp3) is 0.879. The van der Waals surface area contributed by atoms with Crippen molar-refractivity contribution in [2.75, 3.05) is 13.2 Å². The van der Waals surface area contributed by atoms with Crippen LogP contribution in [0.25, 0.3) is 0 Å². The molecule has 0 aromatic carbocycles. The van der Waals surface area contributed by atoms with Crippen LogP contribution in [0.15, 0.2) is 36.5 Å². The third-order valence-corrected chi connectivity index (χ3v) is 13.7. The second-order valence-electron chi connectivity index (χ2n) is 20.1. The fourth-order valence-electron chi connectivity index (χ4n) is 9.17. The molecule has 394 valence electrons. The molecule has 0 saturated carbocycles. The number of hydrogen-bond donors (Lipinski definition) is 6. The first kappa shape index (κ1) is 63.4. The van der Waals surface area contributed by atoms with Gasteiger partial charge in [-0.05, 0) is 51.4 Å². The zero-order chi connectivity index (χ0) is 48.7. The molecule has 1 amide bonds. The van der Waals surface area contributed by atoms with E-state index in [0.717, 1.165) is 64.2 Å². The van der Waals surface area contributed by atoms with Crippen LogP contribution in [0.1, 0.15) is 271 Å². The molecule has 1 saturated heterocycles. The molecule has 0 aliphatic carbocycles. The maximum atomic E-state index is 13.1. The molecule has 0 spiro atoms. The van der Waals surface area contributed by atoms with Crippen LogP contribution < -0.4 is 5.32 Å². The van der Waals surface area contributed by atoms with Crippen LogP contribution in [-0.2, 0) is 14.3 Å². The molecule has 0 radical (unpaired) electrons. The minimum atomic E-state index is -1.56. The van der Waals surface area contributed by atoms with Crippen molar-refractivity contribution in [1.29, 1.82) is 0 Å². The van der Waals surface area contributed by atoms with Gasteiger partial charge in [0.1, 0.15) is 24.4 Å². The number of amides is 1. The van der Waals surface area contributed by atoms with Crippen LogP contribution >= 0.6 is 0 Å². The molecule has 67 heavy (non-hydrogen) atoms. The maximum Gasteiger partial charge on any atom is 0.220 e. The van der Waals surface area contributed by atoms with Gasteiger partial charge in [-0.1, -0.05) is 249 Å². The summed E-state index contributed by atoms with van der Waals surface area (Å²) >= 11 is 0. The smallest absolute Gasteiger partial charge is 0.220 e. The van der Waals surface area contributed by atoms with Gasteiger partial charge in [0, 0.05) is 6.42 Å². The van der Waals surface area contributed by atoms with Crippen molar-refractivity contribution in [1.82, 2.24) is 5.32 Å². The third-order valence-electron chi connectivity index (χ3n) is 13.7. The second kappa shape index (κ2) is 48.1. The first-order valence-electron chi connectivity index (χ1n) is 28.7. The summed E-state index contributed by atoms with van der Waals surface area (Å²) in [7, 11) is 0. The Balaban J connectivity index is 2.23. The molecular weight excluding hydrogens is 839 g/mol. The van der Waals surface area contributed by atoms with Crippen LogP contribution in [0.3, 0.4) is 0 Å². The first-order chi connectivity index (χ1) is 32.8. The van der Waals surface area contributed by atoms with Gasteiger partial charge in [0.05, 0.1) is 25.4 Å². The van der Waals surface area contributed by atoms with Crippen molar-refractivity contribution in [3.63, 3.8) is 0 Å². The standard InChI is InChI=1S/C58H109NO8/c1-3-5-7-9-11-13-15-17-19-21-23-25-26-28-29-31-33-35-37-39-41-43-45-47-52(61)51(50-66-58-57(65)56(64)55(63)53(49-60)67-58)59-54(62)48-46-44-42-40-38-36-34-32-30-27-24-22-20-18-16-14-12-10-8-6-4-2/h16,18,22,24,30,32,51-53,55-58,60-61,63-65H,3-15,17,19-21,23,25-29,31,33-50H2,1-2H3,(H,59,62)/b18-16-,24-22-,32-30-. The summed E-state index contributed by atoms with van der Waals surface area (Å²) in [6.07, 6.45) is 54.5. The van der Waals surface area contributed by atoms with Gasteiger partial charge in [0.15, 0.2) is 6.29 Å². The molecular formula is C58H109NO8. The molecule has 7 atom stereocenters. The zero-order valence-electron chi connectivity index (χ0n) is 43.7. The topological polar surface area (TPSA) is 149 Å². The average molecular weight is 949 g/mol. The fourth-order valence-corrected chi connectivity index (χ4v) is 9.17. The molecule has 1 aliphatic rings. The highest BCUT2D eigenvalue weighted by molar-refractivity contribution is 5.76. The second-order valence-corrected chi connectivity index (χ2v) is 20.1. The Labute approximate surface area is 412 Å². The van der Waals surface area contributed by atoms with Crippen molar-refractivity contribution in [3.05, 3.63) is 36.5 Å². The summed E-state index contributed by atoms with van der Waals surface area (Å²) in [5.74, 6) is -0.154. The molecule has 6 N–H and O–H groups in total. The molecule has 9 nitrogen and oxygen atoms in total. The lowest BCUT2D eigenvalue weighted by atomic mass is 9.99. The molecule has 1 heterocycles. The predicted molar refractivity (Wildman–Crippen MR) is 281 cm³/mol. The van der Waals surface area contributed by atoms with E-state index in [1.165, 1.54) is 180 Å². The Kier molecular flexibility index (Phi) is 45.5. The van der Waals surface area contributed by atoms with Gasteiger partial charge in [-0.25, -0.2) is 0 Å². The highest BCUT2D eigenvalue weighted by atomic mass is 16.7. The van der Waals surface area contributed by atoms with Crippen LogP contribution in [-0.4, -0.2) is 87.5 Å². The lowest BCUT2D eigenvalue weighted by Crippen LogP contribution is -2.60. The molecule has 7 unspecified atom stereocenters. The number of hydrogen-bond acceptors (Lipinski definition) is 8. The van der Waals surface area contributed by atoms with Crippen molar-refractivity contribution in [2.24, 2.45) is 0 Å². The van der Waals surface area contributed by atoms with Gasteiger partial charge in [0.2, 0.25) is 5.91 Å². The number of allylic oxidation sites excluding steroid dienone is 6. The van der Waals surface area contributed by atoms with Gasteiger partial charge in [-0.3, -0.25) is 4.79 Å². The quantitative estimate of drug-likeness (QED) is 0.0261. The Bertz CT molecular complexity index is 1150. The summed E-state index contributed by atoms with van der Waals surface area (Å²) < 4.78 is 11.3. The van der Waals surface area contributed by atoms with Crippen LogP contribution in [0, 0.1) is 0 Å². The van der Waals surface area contributed by atoms with E-state index in [-0.39, 0.29) is 12.5 Å². The Morgan fingerprint density at radius 2 is 0.881 bits per heavy atom. The van der Waals surface area contributed by atoms with Gasteiger partial charge < -0.3 is 40.3 Å². The summed E-state index contributed by atoms with van der Waals surface area (Å²) in [6, 6.07) is -0.727. The van der Waals surface area contributed by atoms with E-state index in [1.807, 2.05) is 0 Å². The third kappa shape index (κ3) is 37.9. The van der Waals surface area contributed by atoms with E-state index in [2.05, 4.69) is 55.6 Å². The van der Waals surface area contributed by atoms with Gasteiger partial charge in [0.25, 0.3) is 0 Å². The summed E-state index contributed by atoms with van der Waals surface area (Å²) in [5.41, 5.74) is 0. The van der Waals surface area contributed by atoms with E-state index in [0.29, 0.717) is 12.8 Å². The number of ether oxygens (including phenoxy) is 2. The van der Waals surface area contributed by atoms with Crippen LogP contribution in [0.2, 0.25) is 0 Å². The first-order valence-corrected chi connectivity index (χ1v) is 28.7. The lowest BCUT2D eigenvalue weighted by molar-refractivity contribution is -0.302. The normalized spacial score (nSPS) is 19.9. The highest BCUT2D eigenvalue weighted by Crippen LogP contribution is 2.23. The predicted octanol–water partition coefficient (Wildman–Crippen LogP) is 14.0. The minimum absolute atomic E-state index is 0.143. The molecule has 0 aromatic heterocycles. The van der Waals surface area contributed by atoms with Gasteiger partial charge in [-0.2, -0.15) is 0 Å². The van der Waals surface area contributed by atoms with Crippen LogP contribution in [0.5, 0.6) is 0 Å². The highest BCUT2D eigenvalue weighted by Gasteiger charge is 2.44. The van der Waals surface area contributed by atoms with Gasteiger partial charge in [-0.15, -0.1) is 0 Å². The van der Waals surface area contributed by atoms with Gasteiger partial charge >= 0.3 is 0 Å². The Morgan fingerprint density at radius 1 is 0.507 bits per heavy atom. The number of carbonyl (C=O) groups is 1. The number of rotatable bonds is 49.